The number of nitrogens with two attached hydrogens (primary N) is 2. The number of rotatable bonds is 8. The number of nitrogens with one attached hydrogen (secondary N) is 1. The van der Waals surface area contributed by atoms with Gasteiger partial charge in [0.25, 0.3) is 5.91 Å². The molecule has 0 saturated heterocycles. The van der Waals surface area contributed by atoms with Crippen LogP contribution in [0.2, 0.25) is 0 Å². The molecule has 3 rings (SSSR count). The largest absolute Gasteiger partial charge is 0.384 e. The second kappa shape index (κ2) is 14.6. The van der Waals surface area contributed by atoms with Crippen LogP contribution >= 0.6 is 11.8 Å². The number of carbonyl (C=O) groups excluding carboxylic acids is 2. The summed E-state index contributed by atoms with van der Waals surface area (Å²) in [6.07, 6.45) is 3.84. The second-order valence-electron chi connectivity index (χ2n) is 6.41. The van der Waals surface area contributed by atoms with Crippen LogP contribution in [0.15, 0.2) is 47.5 Å². The van der Waals surface area contributed by atoms with Crippen molar-refractivity contribution < 1.29 is 9.59 Å². The zero-order chi connectivity index (χ0) is 23.9. The standard InChI is InChI=1S/C10H10N4O.C10H15N3OS.C2H6/c11-9(15)10-12-8(13-14-10)6-7-4-2-1-3-5-7;1-13(2)8-7-12-10(11)6-9(8)15-5-3-4-14;1-2/h1-5H,6H2,(H2,11,15)(H,12,13,14);4,6-7H,3,5H2,1-2H3,(H2,11,12);1-2H3. The normalized spacial score (nSPS) is 9.62. The summed E-state index contributed by atoms with van der Waals surface area (Å²) in [6.45, 7) is 4.00. The van der Waals surface area contributed by atoms with Crippen LogP contribution in [0.4, 0.5) is 11.5 Å². The monoisotopic (exact) mass is 457 g/mol. The van der Waals surface area contributed by atoms with Gasteiger partial charge in [0.15, 0.2) is 0 Å². The quantitative estimate of drug-likeness (QED) is 0.266. The molecular formula is C22H31N7O2S. The zero-order valence-corrected chi connectivity index (χ0v) is 19.7. The second-order valence-corrected chi connectivity index (χ2v) is 7.54. The molecule has 2 heterocycles. The lowest BCUT2D eigenvalue weighted by molar-refractivity contribution is -0.107. The van der Waals surface area contributed by atoms with Crippen molar-refractivity contribution in [1.29, 1.82) is 0 Å². The molecule has 0 aliphatic heterocycles. The Morgan fingerprint density at radius 3 is 2.47 bits per heavy atom. The van der Waals surface area contributed by atoms with E-state index in [0.717, 1.165) is 28.2 Å². The van der Waals surface area contributed by atoms with Gasteiger partial charge in [0.2, 0.25) is 5.82 Å². The molecule has 1 amide bonds. The minimum absolute atomic E-state index is 0.0286. The number of aromatic nitrogens is 4. The van der Waals surface area contributed by atoms with Crippen LogP contribution < -0.4 is 16.4 Å². The number of pyridine rings is 1. The Labute approximate surface area is 193 Å². The molecule has 32 heavy (non-hydrogen) atoms. The number of hydrogen-bond donors (Lipinski definition) is 3. The summed E-state index contributed by atoms with van der Waals surface area (Å²) in [5.74, 6) is 1.32. The van der Waals surface area contributed by atoms with Crippen molar-refractivity contribution in [1.82, 2.24) is 20.2 Å². The molecular weight excluding hydrogens is 426 g/mol. The SMILES string of the molecule is CC.CN(C)c1cnc(N)cc1SCCC=O.NC(=O)c1n[nH]c(Cc2ccccc2)n1. The molecule has 0 unspecified atom stereocenters. The summed E-state index contributed by atoms with van der Waals surface area (Å²) in [5.41, 5.74) is 12.8. The van der Waals surface area contributed by atoms with E-state index < -0.39 is 5.91 Å². The average Bonchev–Trinajstić information content (AvgIpc) is 3.25. The first-order valence-electron chi connectivity index (χ1n) is 10.1. The molecule has 0 bridgehead atoms. The number of aromatic amines is 1. The van der Waals surface area contributed by atoms with Crippen LogP contribution in [0.25, 0.3) is 0 Å². The van der Waals surface area contributed by atoms with Gasteiger partial charge in [-0.3, -0.25) is 9.89 Å². The van der Waals surface area contributed by atoms with Gasteiger partial charge in [-0.2, -0.15) is 0 Å². The maximum absolute atomic E-state index is 10.7. The number of hydrogen-bond acceptors (Lipinski definition) is 8. The highest BCUT2D eigenvalue weighted by molar-refractivity contribution is 7.99. The highest BCUT2D eigenvalue weighted by atomic mass is 32.2. The van der Waals surface area contributed by atoms with Crippen LogP contribution in [0.1, 0.15) is 42.3 Å². The molecule has 0 spiro atoms. The van der Waals surface area contributed by atoms with Crippen LogP contribution in [-0.4, -0.2) is 52.2 Å². The van der Waals surface area contributed by atoms with E-state index in [1.807, 2.05) is 69.2 Å². The Balaban J connectivity index is 0.000000297. The van der Waals surface area contributed by atoms with E-state index in [-0.39, 0.29) is 5.82 Å². The van der Waals surface area contributed by atoms with Crippen LogP contribution in [0.5, 0.6) is 0 Å². The number of benzene rings is 1. The number of primary amides is 1. The van der Waals surface area contributed by atoms with Crippen LogP contribution in [0.3, 0.4) is 0 Å². The lowest BCUT2D eigenvalue weighted by Crippen LogP contribution is -2.12. The first-order valence-corrected chi connectivity index (χ1v) is 11.1. The van der Waals surface area contributed by atoms with E-state index in [2.05, 4.69) is 20.2 Å². The first kappa shape index (κ1) is 26.6. The van der Waals surface area contributed by atoms with Crippen molar-refractivity contribution in [2.75, 3.05) is 30.5 Å². The van der Waals surface area contributed by atoms with Gasteiger partial charge in [-0.15, -0.1) is 16.9 Å². The minimum atomic E-state index is -0.620. The van der Waals surface area contributed by atoms with E-state index in [1.54, 1.807) is 18.0 Å². The van der Waals surface area contributed by atoms with Gasteiger partial charge in [0, 0.05) is 37.6 Å². The number of thioether (sulfide) groups is 1. The molecule has 0 atom stereocenters. The van der Waals surface area contributed by atoms with Gasteiger partial charge in [0.1, 0.15) is 17.9 Å². The molecule has 0 saturated carbocycles. The summed E-state index contributed by atoms with van der Waals surface area (Å²) < 4.78 is 0. The zero-order valence-electron chi connectivity index (χ0n) is 18.9. The lowest BCUT2D eigenvalue weighted by atomic mass is 10.1. The third-order valence-corrected chi connectivity index (χ3v) is 4.89. The van der Waals surface area contributed by atoms with E-state index in [9.17, 15) is 9.59 Å². The molecule has 10 heteroatoms. The van der Waals surface area contributed by atoms with E-state index >= 15 is 0 Å². The van der Waals surface area contributed by atoms with Crippen LogP contribution in [0, 0.1) is 0 Å². The highest BCUT2D eigenvalue weighted by Gasteiger charge is 2.08. The van der Waals surface area contributed by atoms with Crippen molar-refractivity contribution in [2.45, 2.75) is 31.6 Å². The molecule has 5 N–H and O–H groups in total. The Morgan fingerprint density at radius 2 is 1.91 bits per heavy atom. The number of carbonyl (C=O) groups is 2. The number of nitrogens with zero attached hydrogens (tertiary/aromatic N) is 4. The Bertz CT molecular complexity index is 962. The fourth-order valence-corrected chi connectivity index (χ4v) is 3.41. The van der Waals surface area contributed by atoms with Crippen LogP contribution in [-0.2, 0) is 11.2 Å². The van der Waals surface area contributed by atoms with Crippen molar-refractivity contribution in [3.63, 3.8) is 0 Å². The average molecular weight is 458 g/mol. The number of anilines is 2. The summed E-state index contributed by atoms with van der Waals surface area (Å²) in [6, 6.07) is 11.6. The third kappa shape index (κ3) is 9.17. The van der Waals surface area contributed by atoms with E-state index in [0.29, 0.717) is 24.5 Å². The molecule has 0 aliphatic carbocycles. The van der Waals surface area contributed by atoms with Gasteiger partial charge < -0.3 is 21.2 Å². The summed E-state index contributed by atoms with van der Waals surface area (Å²) >= 11 is 1.62. The molecule has 0 aliphatic rings. The van der Waals surface area contributed by atoms with Gasteiger partial charge in [-0.05, 0) is 11.6 Å². The van der Waals surface area contributed by atoms with Gasteiger partial charge in [-0.1, -0.05) is 44.2 Å². The maximum atomic E-state index is 10.7. The molecule has 2 aromatic heterocycles. The van der Waals surface area contributed by atoms with Crippen molar-refractivity contribution in [2.24, 2.45) is 5.73 Å². The van der Waals surface area contributed by atoms with Crippen molar-refractivity contribution in [3.8, 4) is 0 Å². The Morgan fingerprint density at radius 1 is 1.22 bits per heavy atom. The molecule has 9 nitrogen and oxygen atoms in total. The summed E-state index contributed by atoms with van der Waals surface area (Å²) in [5, 5.41) is 6.37. The predicted octanol–water partition coefficient (Wildman–Crippen LogP) is 2.93. The van der Waals surface area contributed by atoms with Crippen molar-refractivity contribution >= 4 is 35.5 Å². The summed E-state index contributed by atoms with van der Waals surface area (Å²) in [4.78, 5) is 32.0. The summed E-state index contributed by atoms with van der Waals surface area (Å²) in [7, 11) is 3.91. The first-order chi connectivity index (χ1) is 15.4. The maximum Gasteiger partial charge on any atom is 0.288 e. The Hall–Kier alpha value is -3.40. The fraction of sp³-hybridized carbons (Fsp3) is 0.318. The fourth-order valence-electron chi connectivity index (χ4n) is 2.39. The molecule has 1 aromatic carbocycles. The number of H-pyrrole nitrogens is 1. The number of nitrogen functional groups attached to an aromatic ring is 1. The minimum Gasteiger partial charge on any atom is -0.384 e. The third-order valence-electron chi connectivity index (χ3n) is 3.81. The number of amides is 1. The van der Waals surface area contributed by atoms with E-state index in [4.69, 9.17) is 11.5 Å². The highest BCUT2D eigenvalue weighted by Crippen LogP contribution is 2.29. The smallest absolute Gasteiger partial charge is 0.288 e. The topological polar surface area (TPSA) is 144 Å². The molecule has 3 aromatic rings. The molecule has 0 radical (unpaired) electrons. The molecule has 172 valence electrons. The molecule has 0 fully saturated rings. The van der Waals surface area contributed by atoms with Crippen molar-refractivity contribution in [3.05, 3.63) is 59.8 Å². The van der Waals surface area contributed by atoms with E-state index in [1.165, 1.54) is 0 Å². The van der Waals surface area contributed by atoms with Gasteiger partial charge >= 0.3 is 0 Å². The number of aldehydes is 1. The lowest BCUT2D eigenvalue weighted by Gasteiger charge is -2.16. The Kier molecular flexibility index (Phi) is 12.1. The predicted molar refractivity (Wildman–Crippen MR) is 130 cm³/mol. The van der Waals surface area contributed by atoms with Gasteiger partial charge in [0.05, 0.1) is 11.9 Å². The van der Waals surface area contributed by atoms with Gasteiger partial charge in [-0.25, -0.2) is 9.97 Å².